The van der Waals surface area contributed by atoms with E-state index in [-0.39, 0.29) is 0 Å². The summed E-state index contributed by atoms with van der Waals surface area (Å²) in [6.45, 7) is 7.49. The molecule has 1 fully saturated rings. The summed E-state index contributed by atoms with van der Waals surface area (Å²) in [5.74, 6) is 0.623. The number of likely N-dealkylation sites (N-methyl/N-ethyl adjacent to an activating group) is 1. The molecule has 1 aliphatic heterocycles. The molecule has 1 saturated heterocycles. The van der Waals surface area contributed by atoms with Crippen molar-refractivity contribution in [1.82, 2.24) is 4.90 Å². The van der Waals surface area contributed by atoms with Gasteiger partial charge in [-0.25, -0.2) is 0 Å². The third-order valence-corrected chi connectivity index (χ3v) is 3.41. The van der Waals surface area contributed by atoms with Crippen molar-refractivity contribution in [1.29, 1.82) is 0 Å². The van der Waals surface area contributed by atoms with Crippen LogP contribution >= 0.6 is 0 Å². The molecule has 1 aromatic carbocycles. The van der Waals surface area contributed by atoms with E-state index in [0.717, 1.165) is 6.54 Å². The Morgan fingerprint density at radius 2 is 2.00 bits per heavy atom. The zero-order valence-electron chi connectivity index (χ0n) is 9.61. The number of benzene rings is 1. The zero-order valence-corrected chi connectivity index (χ0v) is 9.61. The first-order valence-corrected chi connectivity index (χ1v) is 5.67. The van der Waals surface area contributed by atoms with Crippen molar-refractivity contribution >= 4 is 0 Å². The van der Waals surface area contributed by atoms with Gasteiger partial charge in [-0.15, -0.1) is 0 Å². The first-order chi connectivity index (χ1) is 7.24. The van der Waals surface area contributed by atoms with Crippen LogP contribution in [-0.4, -0.2) is 18.5 Å². The van der Waals surface area contributed by atoms with Crippen LogP contribution in [0.15, 0.2) is 42.5 Å². The maximum atomic E-state index is 4.19. The number of hydrogen-bond donors (Lipinski definition) is 0. The number of rotatable bonds is 2. The first-order valence-electron chi connectivity index (χ1n) is 5.67. The van der Waals surface area contributed by atoms with Gasteiger partial charge < -0.3 is 0 Å². The van der Waals surface area contributed by atoms with Crippen molar-refractivity contribution < 1.29 is 0 Å². The molecule has 0 aliphatic carbocycles. The molecule has 15 heavy (non-hydrogen) atoms. The average molecular weight is 201 g/mol. The topological polar surface area (TPSA) is 3.24 Å². The predicted octanol–water partition coefficient (Wildman–Crippen LogP) is 3.26. The fourth-order valence-corrected chi connectivity index (χ4v) is 2.72. The molecule has 0 aromatic heterocycles. The summed E-state index contributed by atoms with van der Waals surface area (Å²) >= 11 is 0. The minimum absolute atomic E-state index is 0.531. The average Bonchev–Trinajstić information content (AvgIpc) is 2.54. The highest BCUT2D eigenvalue weighted by Gasteiger charge is 2.34. The van der Waals surface area contributed by atoms with Gasteiger partial charge in [0, 0.05) is 18.5 Å². The van der Waals surface area contributed by atoms with E-state index < -0.39 is 0 Å². The van der Waals surface area contributed by atoms with E-state index in [0.29, 0.717) is 12.0 Å². The number of nitrogens with zero attached hydrogens (tertiary/aromatic N) is 1. The van der Waals surface area contributed by atoms with Crippen LogP contribution in [0.5, 0.6) is 0 Å². The fraction of sp³-hybridized carbons (Fsp3) is 0.429. The van der Waals surface area contributed by atoms with Gasteiger partial charge in [0.05, 0.1) is 0 Å². The Labute approximate surface area is 92.4 Å². The SMILES string of the molecule is C=C1CN(C)[C@@H](c2ccccc2)[C@@H]1CC. The van der Waals surface area contributed by atoms with Gasteiger partial charge >= 0.3 is 0 Å². The molecule has 1 nitrogen and oxygen atoms in total. The minimum atomic E-state index is 0.531. The lowest BCUT2D eigenvalue weighted by Gasteiger charge is -2.24. The molecular weight excluding hydrogens is 182 g/mol. The summed E-state index contributed by atoms with van der Waals surface area (Å²) < 4.78 is 0. The largest absolute Gasteiger partial charge is 0.295 e. The second-order valence-corrected chi connectivity index (χ2v) is 4.44. The van der Waals surface area contributed by atoms with Crippen molar-refractivity contribution in [3.63, 3.8) is 0 Å². The van der Waals surface area contributed by atoms with Crippen LogP contribution in [0.3, 0.4) is 0 Å². The second-order valence-electron chi connectivity index (χ2n) is 4.44. The Hall–Kier alpha value is -1.08. The van der Waals surface area contributed by atoms with Gasteiger partial charge in [-0.05, 0) is 19.0 Å². The van der Waals surface area contributed by atoms with E-state index >= 15 is 0 Å². The summed E-state index contributed by atoms with van der Waals surface area (Å²) in [6.07, 6.45) is 1.18. The molecule has 1 aromatic rings. The van der Waals surface area contributed by atoms with Crippen LogP contribution in [0.1, 0.15) is 24.9 Å². The molecule has 1 heterocycles. The Morgan fingerprint density at radius 3 is 2.60 bits per heavy atom. The summed E-state index contributed by atoms with van der Waals surface area (Å²) in [7, 11) is 2.19. The van der Waals surface area contributed by atoms with E-state index in [1.54, 1.807) is 0 Å². The summed E-state index contributed by atoms with van der Waals surface area (Å²) in [4.78, 5) is 2.41. The van der Waals surface area contributed by atoms with Crippen LogP contribution in [0, 0.1) is 5.92 Å². The van der Waals surface area contributed by atoms with Crippen LogP contribution in [-0.2, 0) is 0 Å². The van der Waals surface area contributed by atoms with E-state index in [1.165, 1.54) is 17.6 Å². The lowest BCUT2D eigenvalue weighted by Crippen LogP contribution is -2.20. The molecule has 0 radical (unpaired) electrons. The number of likely N-dealkylation sites (tertiary alicyclic amines) is 1. The van der Waals surface area contributed by atoms with Gasteiger partial charge in [0.25, 0.3) is 0 Å². The highest BCUT2D eigenvalue weighted by Crippen LogP contribution is 2.40. The molecule has 0 unspecified atom stereocenters. The predicted molar refractivity (Wildman–Crippen MR) is 64.7 cm³/mol. The van der Waals surface area contributed by atoms with Gasteiger partial charge in [0.1, 0.15) is 0 Å². The lowest BCUT2D eigenvalue weighted by atomic mass is 9.89. The van der Waals surface area contributed by atoms with Crippen LogP contribution in [0.2, 0.25) is 0 Å². The molecule has 2 atom stereocenters. The standard InChI is InChI=1S/C14H19N/c1-4-13-11(2)10-15(3)14(13)12-8-6-5-7-9-12/h5-9,13-14H,2,4,10H2,1,3H3/t13-,14+/m1/s1. The monoisotopic (exact) mass is 201 g/mol. The summed E-state index contributed by atoms with van der Waals surface area (Å²) in [5.41, 5.74) is 2.80. The minimum Gasteiger partial charge on any atom is -0.295 e. The van der Waals surface area contributed by atoms with Crippen molar-refractivity contribution in [2.24, 2.45) is 5.92 Å². The highest BCUT2D eigenvalue weighted by atomic mass is 15.2. The van der Waals surface area contributed by atoms with Crippen LogP contribution in [0.25, 0.3) is 0 Å². The van der Waals surface area contributed by atoms with Gasteiger partial charge in [0.15, 0.2) is 0 Å². The third kappa shape index (κ3) is 1.84. The van der Waals surface area contributed by atoms with E-state index in [4.69, 9.17) is 0 Å². The van der Waals surface area contributed by atoms with Crippen molar-refractivity contribution in [2.45, 2.75) is 19.4 Å². The molecule has 0 amide bonds. The van der Waals surface area contributed by atoms with E-state index in [2.05, 4.69) is 55.8 Å². The summed E-state index contributed by atoms with van der Waals surface area (Å²) in [5, 5.41) is 0. The molecule has 1 heteroatoms. The van der Waals surface area contributed by atoms with Gasteiger partial charge in [0.2, 0.25) is 0 Å². The van der Waals surface area contributed by atoms with Crippen LogP contribution < -0.4 is 0 Å². The zero-order chi connectivity index (χ0) is 10.8. The Balaban J connectivity index is 2.31. The molecule has 80 valence electrons. The Morgan fingerprint density at radius 1 is 1.33 bits per heavy atom. The quantitative estimate of drug-likeness (QED) is 0.664. The Bertz CT molecular complexity index is 342. The van der Waals surface area contributed by atoms with Crippen molar-refractivity contribution in [3.8, 4) is 0 Å². The van der Waals surface area contributed by atoms with Gasteiger partial charge in [-0.3, -0.25) is 4.90 Å². The molecule has 0 spiro atoms. The third-order valence-electron chi connectivity index (χ3n) is 3.41. The molecule has 0 N–H and O–H groups in total. The number of hydrogen-bond acceptors (Lipinski definition) is 1. The maximum Gasteiger partial charge on any atom is 0.0414 e. The summed E-state index contributed by atoms with van der Waals surface area (Å²) in [6, 6.07) is 11.3. The van der Waals surface area contributed by atoms with E-state index in [1.807, 2.05) is 0 Å². The van der Waals surface area contributed by atoms with E-state index in [9.17, 15) is 0 Å². The second kappa shape index (κ2) is 4.19. The fourth-order valence-electron chi connectivity index (χ4n) is 2.72. The first kappa shape index (κ1) is 10.4. The van der Waals surface area contributed by atoms with Crippen molar-refractivity contribution in [2.75, 3.05) is 13.6 Å². The molecular formula is C14H19N. The van der Waals surface area contributed by atoms with Crippen molar-refractivity contribution in [3.05, 3.63) is 48.0 Å². The highest BCUT2D eigenvalue weighted by molar-refractivity contribution is 5.26. The van der Waals surface area contributed by atoms with Gasteiger partial charge in [-0.2, -0.15) is 0 Å². The molecule has 0 bridgehead atoms. The van der Waals surface area contributed by atoms with Crippen LogP contribution in [0.4, 0.5) is 0 Å². The normalized spacial score (nSPS) is 27.2. The Kier molecular flexibility index (Phi) is 2.92. The molecule has 1 aliphatic rings. The smallest absolute Gasteiger partial charge is 0.0414 e. The maximum absolute atomic E-state index is 4.19. The van der Waals surface area contributed by atoms with Gasteiger partial charge in [-0.1, -0.05) is 49.4 Å². The molecule has 2 rings (SSSR count). The lowest BCUT2D eigenvalue weighted by molar-refractivity contribution is 0.274. The molecule has 0 saturated carbocycles.